The number of carbonyl (C=O) groups excluding carboxylic acids is 2. The van der Waals surface area contributed by atoms with Gasteiger partial charge in [0.25, 0.3) is 11.7 Å². The van der Waals surface area contributed by atoms with Crippen molar-refractivity contribution in [2.75, 3.05) is 26.2 Å². The van der Waals surface area contributed by atoms with E-state index in [4.69, 9.17) is 0 Å². The Hall–Kier alpha value is -2.92. The molecule has 5 nitrogen and oxygen atoms in total. The molecule has 2 aromatic carbocycles. The van der Waals surface area contributed by atoms with Crippen LogP contribution in [0.5, 0.6) is 0 Å². The van der Waals surface area contributed by atoms with Crippen LogP contribution in [0.25, 0.3) is 5.76 Å². The number of Topliss-reactive ketones (excluding diaryl/α,β-unsaturated/α-hetero) is 1. The standard InChI is InChI=1S/C27H34N2O3/c1-6-28(7-2)16-17-29-24(21-14-12-20(13-15-21)18(3)4)23(26(31)27(29)32)25(30)22-10-8-19(5)9-11-22/h8-15,18,24,30H,6-7,16-17H2,1-5H3/b25-23+/t24-/m0/s1. The summed E-state index contributed by atoms with van der Waals surface area (Å²) in [4.78, 5) is 30.0. The molecule has 0 unspecified atom stereocenters. The summed E-state index contributed by atoms with van der Waals surface area (Å²) in [5.41, 5.74) is 3.79. The fourth-order valence-electron chi connectivity index (χ4n) is 4.18. The first-order chi connectivity index (χ1) is 15.3. The Balaban J connectivity index is 2.09. The maximum Gasteiger partial charge on any atom is 0.295 e. The third-order valence-electron chi connectivity index (χ3n) is 6.34. The summed E-state index contributed by atoms with van der Waals surface area (Å²) in [6.07, 6.45) is 0. The van der Waals surface area contributed by atoms with Gasteiger partial charge in [0.15, 0.2) is 0 Å². The van der Waals surface area contributed by atoms with Crippen molar-refractivity contribution in [2.45, 2.75) is 46.6 Å². The number of nitrogens with zero attached hydrogens (tertiary/aromatic N) is 2. The molecule has 0 aliphatic carbocycles. The molecule has 1 amide bonds. The number of carbonyl (C=O) groups is 2. The average molecular weight is 435 g/mol. The molecule has 1 N–H and O–H groups in total. The summed E-state index contributed by atoms with van der Waals surface area (Å²) in [5, 5.41) is 11.1. The van der Waals surface area contributed by atoms with Gasteiger partial charge in [0.2, 0.25) is 0 Å². The number of ketones is 1. The van der Waals surface area contributed by atoms with Crippen LogP contribution in [0.1, 0.15) is 61.9 Å². The first-order valence-corrected chi connectivity index (χ1v) is 11.5. The first kappa shape index (κ1) is 23.7. The Bertz CT molecular complexity index is 987. The van der Waals surface area contributed by atoms with Crippen LogP contribution in [0.2, 0.25) is 0 Å². The SMILES string of the molecule is CCN(CC)CCN1C(=O)C(=O)/C(=C(/O)c2ccc(C)cc2)[C@@H]1c1ccc(C(C)C)cc1. The van der Waals surface area contributed by atoms with E-state index < -0.39 is 17.7 Å². The molecule has 2 aromatic rings. The summed E-state index contributed by atoms with van der Waals surface area (Å²) < 4.78 is 0. The van der Waals surface area contributed by atoms with Crippen molar-refractivity contribution in [2.24, 2.45) is 0 Å². The van der Waals surface area contributed by atoms with Crippen LogP contribution in [0.4, 0.5) is 0 Å². The van der Waals surface area contributed by atoms with Crippen molar-refractivity contribution in [3.63, 3.8) is 0 Å². The Morgan fingerprint density at radius 3 is 2.12 bits per heavy atom. The smallest absolute Gasteiger partial charge is 0.295 e. The second kappa shape index (κ2) is 10.1. The summed E-state index contributed by atoms with van der Waals surface area (Å²) in [6, 6.07) is 14.8. The highest BCUT2D eigenvalue weighted by Gasteiger charge is 2.45. The first-order valence-electron chi connectivity index (χ1n) is 11.5. The maximum atomic E-state index is 13.1. The number of aryl methyl sites for hydroxylation is 1. The van der Waals surface area contributed by atoms with E-state index in [0.717, 1.165) is 24.2 Å². The molecule has 0 saturated carbocycles. The van der Waals surface area contributed by atoms with Crippen molar-refractivity contribution >= 4 is 17.4 Å². The zero-order valence-corrected chi connectivity index (χ0v) is 19.8. The maximum absolute atomic E-state index is 13.1. The lowest BCUT2D eigenvalue weighted by Crippen LogP contribution is -2.38. The lowest BCUT2D eigenvalue weighted by Gasteiger charge is -2.28. The van der Waals surface area contributed by atoms with Crippen LogP contribution in [0.15, 0.2) is 54.1 Å². The van der Waals surface area contributed by atoms with Gasteiger partial charge < -0.3 is 14.9 Å². The fraction of sp³-hybridized carbons (Fsp3) is 0.407. The number of likely N-dealkylation sites (tertiary alicyclic amines) is 1. The van der Waals surface area contributed by atoms with E-state index in [-0.39, 0.29) is 11.3 Å². The Labute approximate surface area is 191 Å². The molecule has 0 spiro atoms. The minimum absolute atomic E-state index is 0.119. The number of aliphatic hydroxyl groups excluding tert-OH is 1. The van der Waals surface area contributed by atoms with Gasteiger partial charge in [0, 0.05) is 18.7 Å². The van der Waals surface area contributed by atoms with Crippen LogP contribution >= 0.6 is 0 Å². The van der Waals surface area contributed by atoms with Gasteiger partial charge in [-0.25, -0.2) is 0 Å². The van der Waals surface area contributed by atoms with E-state index in [1.807, 2.05) is 43.3 Å². The molecule has 0 aromatic heterocycles. The molecule has 1 aliphatic heterocycles. The summed E-state index contributed by atoms with van der Waals surface area (Å²) in [6.45, 7) is 13.2. The summed E-state index contributed by atoms with van der Waals surface area (Å²) in [7, 11) is 0. The van der Waals surface area contributed by atoms with Gasteiger partial charge in [-0.3, -0.25) is 9.59 Å². The Morgan fingerprint density at radius 1 is 1.00 bits per heavy atom. The van der Waals surface area contributed by atoms with E-state index in [2.05, 4.69) is 32.6 Å². The highest BCUT2D eigenvalue weighted by Crippen LogP contribution is 2.39. The van der Waals surface area contributed by atoms with Gasteiger partial charge >= 0.3 is 0 Å². The number of aliphatic hydroxyl groups is 1. The normalized spacial score (nSPS) is 18.2. The van der Waals surface area contributed by atoms with Gasteiger partial charge in [0.05, 0.1) is 11.6 Å². The Kier molecular flexibility index (Phi) is 7.52. The molecule has 3 rings (SSSR count). The van der Waals surface area contributed by atoms with E-state index in [1.54, 1.807) is 17.0 Å². The minimum Gasteiger partial charge on any atom is -0.507 e. The quantitative estimate of drug-likeness (QED) is 0.365. The van der Waals surface area contributed by atoms with Crippen molar-refractivity contribution in [1.82, 2.24) is 9.80 Å². The van der Waals surface area contributed by atoms with Crippen LogP contribution in [-0.4, -0.2) is 52.8 Å². The van der Waals surface area contributed by atoms with Crippen molar-refractivity contribution in [3.05, 3.63) is 76.4 Å². The van der Waals surface area contributed by atoms with Gasteiger partial charge in [-0.2, -0.15) is 0 Å². The van der Waals surface area contributed by atoms with Gasteiger partial charge in [-0.15, -0.1) is 0 Å². The number of benzene rings is 2. The predicted octanol–water partition coefficient (Wildman–Crippen LogP) is 4.88. The largest absolute Gasteiger partial charge is 0.507 e. The van der Waals surface area contributed by atoms with Crippen molar-refractivity contribution in [3.8, 4) is 0 Å². The van der Waals surface area contributed by atoms with Crippen molar-refractivity contribution in [1.29, 1.82) is 0 Å². The monoisotopic (exact) mass is 434 g/mol. The van der Waals surface area contributed by atoms with E-state index in [9.17, 15) is 14.7 Å². The van der Waals surface area contributed by atoms with Gasteiger partial charge in [-0.05, 0) is 37.1 Å². The van der Waals surface area contributed by atoms with Crippen LogP contribution in [0.3, 0.4) is 0 Å². The molecular formula is C27H34N2O3. The van der Waals surface area contributed by atoms with E-state index >= 15 is 0 Å². The molecule has 1 fully saturated rings. The van der Waals surface area contributed by atoms with Crippen LogP contribution in [-0.2, 0) is 9.59 Å². The van der Waals surface area contributed by atoms with Crippen LogP contribution < -0.4 is 0 Å². The number of amides is 1. The molecule has 170 valence electrons. The predicted molar refractivity (Wildman–Crippen MR) is 129 cm³/mol. The number of hydrogen-bond donors (Lipinski definition) is 1. The molecule has 0 radical (unpaired) electrons. The van der Waals surface area contributed by atoms with E-state index in [1.165, 1.54) is 5.56 Å². The van der Waals surface area contributed by atoms with Gasteiger partial charge in [-0.1, -0.05) is 81.8 Å². The Morgan fingerprint density at radius 2 is 1.59 bits per heavy atom. The summed E-state index contributed by atoms with van der Waals surface area (Å²) in [5.74, 6) is -0.915. The second-order valence-electron chi connectivity index (χ2n) is 8.71. The van der Waals surface area contributed by atoms with Crippen molar-refractivity contribution < 1.29 is 14.7 Å². The molecule has 1 heterocycles. The average Bonchev–Trinajstić information content (AvgIpc) is 3.04. The number of rotatable bonds is 8. The molecule has 1 aliphatic rings. The molecule has 1 saturated heterocycles. The minimum atomic E-state index is -0.624. The zero-order valence-electron chi connectivity index (χ0n) is 19.8. The molecular weight excluding hydrogens is 400 g/mol. The highest BCUT2D eigenvalue weighted by molar-refractivity contribution is 6.46. The lowest BCUT2D eigenvalue weighted by molar-refractivity contribution is -0.140. The lowest BCUT2D eigenvalue weighted by atomic mass is 9.93. The molecule has 5 heteroatoms. The zero-order chi connectivity index (χ0) is 23.4. The third-order valence-corrected chi connectivity index (χ3v) is 6.34. The molecule has 32 heavy (non-hydrogen) atoms. The molecule has 1 atom stereocenters. The molecule has 0 bridgehead atoms. The topological polar surface area (TPSA) is 60.9 Å². The van der Waals surface area contributed by atoms with Crippen LogP contribution in [0, 0.1) is 6.92 Å². The number of hydrogen-bond acceptors (Lipinski definition) is 4. The number of likely N-dealkylation sites (N-methyl/N-ethyl adjacent to an activating group) is 1. The highest BCUT2D eigenvalue weighted by atomic mass is 16.3. The van der Waals surface area contributed by atoms with E-state index in [0.29, 0.717) is 24.6 Å². The fourth-order valence-corrected chi connectivity index (χ4v) is 4.18. The van der Waals surface area contributed by atoms with Gasteiger partial charge in [0.1, 0.15) is 5.76 Å². The third kappa shape index (κ3) is 4.78. The summed E-state index contributed by atoms with van der Waals surface area (Å²) >= 11 is 0. The second-order valence-corrected chi connectivity index (χ2v) is 8.71.